The normalized spacial score (nSPS) is 11.4. The summed E-state index contributed by atoms with van der Waals surface area (Å²) in [5.41, 5.74) is 0. The van der Waals surface area contributed by atoms with Crippen LogP contribution in [0, 0.1) is 12.3 Å². The van der Waals surface area contributed by atoms with Gasteiger partial charge in [-0.1, -0.05) is 12.0 Å². The zero-order valence-electron chi connectivity index (χ0n) is 10.9. The Morgan fingerprint density at radius 3 is 2.78 bits per heavy atom. The number of nitrogens with one attached hydrogen (secondary N) is 1. The van der Waals surface area contributed by atoms with E-state index in [0.29, 0.717) is 13.2 Å². The molecule has 0 saturated heterocycles. The molecule has 1 amide bonds. The van der Waals surface area contributed by atoms with Gasteiger partial charge in [0, 0.05) is 6.54 Å². The number of ether oxygens (including phenoxy) is 1. The Balaban J connectivity index is 4.47. The second-order valence-corrected chi connectivity index (χ2v) is 3.62. The molecular weight excluding hydrogens is 232 g/mol. The van der Waals surface area contributed by atoms with Crippen molar-refractivity contribution in [2.24, 2.45) is 0 Å². The van der Waals surface area contributed by atoms with Crippen molar-refractivity contribution in [2.75, 3.05) is 26.2 Å². The minimum absolute atomic E-state index is 0.0461. The van der Waals surface area contributed by atoms with Crippen molar-refractivity contribution >= 4 is 11.9 Å². The zero-order chi connectivity index (χ0) is 14.0. The van der Waals surface area contributed by atoms with E-state index in [4.69, 9.17) is 11.2 Å². The van der Waals surface area contributed by atoms with Crippen LogP contribution in [0.2, 0.25) is 0 Å². The first-order valence-corrected chi connectivity index (χ1v) is 5.78. The van der Waals surface area contributed by atoms with Crippen LogP contribution < -0.4 is 5.32 Å². The number of carbonyl (C=O) groups is 2. The molecule has 0 aromatic carbocycles. The summed E-state index contributed by atoms with van der Waals surface area (Å²) < 4.78 is 4.85. The molecule has 1 unspecified atom stereocenters. The fraction of sp³-hybridized carbons (Fsp3) is 0.538. The molecule has 5 nitrogen and oxygen atoms in total. The van der Waals surface area contributed by atoms with Gasteiger partial charge in [-0.05, 0) is 13.8 Å². The number of carbonyl (C=O) groups excluding carboxylic acids is 2. The lowest BCUT2D eigenvalue weighted by molar-refractivity contribution is -0.145. The number of amides is 1. The van der Waals surface area contributed by atoms with Crippen molar-refractivity contribution in [3.8, 4) is 12.3 Å². The van der Waals surface area contributed by atoms with Crippen molar-refractivity contribution in [2.45, 2.75) is 19.9 Å². The first-order chi connectivity index (χ1) is 8.56. The summed E-state index contributed by atoms with van der Waals surface area (Å²) in [6.45, 7) is 7.99. The molecule has 0 bridgehead atoms. The van der Waals surface area contributed by atoms with Crippen LogP contribution in [0.25, 0.3) is 0 Å². The van der Waals surface area contributed by atoms with E-state index in [9.17, 15) is 9.59 Å². The van der Waals surface area contributed by atoms with Crippen LogP contribution in [-0.2, 0) is 14.3 Å². The van der Waals surface area contributed by atoms with Crippen LogP contribution >= 0.6 is 0 Å². The molecule has 100 valence electrons. The highest BCUT2D eigenvalue weighted by Crippen LogP contribution is 2.00. The minimum Gasteiger partial charge on any atom is -0.465 e. The monoisotopic (exact) mass is 252 g/mol. The lowest BCUT2D eigenvalue weighted by Crippen LogP contribution is -2.47. The molecule has 0 aliphatic heterocycles. The molecule has 18 heavy (non-hydrogen) atoms. The standard InChI is InChI=1S/C13H20N2O3/c1-5-8-14-13(17)11(4)15(9-6-2)10-12(16)18-7-3/h1,6,11H,2,7-10H2,3-4H3,(H,14,17). The molecule has 0 aromatic rings. The number of hydrogen-bond donors (Lipinski definition) is 1. The first-order valence-electron chi connectivity index (χ1n) is 5.78. The van der Waals surface area contributed by atoms with Crippen LogP contribution in [-0.4, -0.2) is 49.1 Å². The molecule has 0 heterocycles. The lowest BCUT2D eigenvalue weighted by atomic mass is 10.2. The number of terminal acetylenes is 1. The second kappa shape index (κ2) is 9.25. The minimum atomic E-state index is -0.472. The predicted octanol–water partition coefficient (Wildman–Crippen LogP) is 0.175. The lowest BCUT2D eigenvalue weighted by Gasteiger charge is -2.25. The van der Waals surface area contributed by atoms with E-state index in [1.807, 2.05) is 0 Å². The molecular formula is C13H20N2O3. The highest BCUT2D eigenvalue weighted by molar-refractivity contribution is 5.82. The maximum Gasteiger partial charge on any atom is 0.320 e. The van der Waals surface area contributed by atoms with Gasteiger partial charge in [-0.25, -0.2) is 0 Å². The number of rotatable bonds is 8. The van der Waals surface area contributed by atoms with E-state index in [1.165, 1.54) is 0 Å². The summed E-state index contributed by atoms with van der Waals surface area (Å²) in [5, 5.41) is 2.57. The molecule has 0 radical (unpaired) electrons. The highest BCUT2D eigenvalue weighted by atomic mass is 16.5. The van der Waals surface area contributed by atoms with E-state index in [0.717, 1.165) is 0 Å². The molecule has 0 aliphatic carbocycles. The summed E-state index contributed by atoms with van der Waals surface area (Å²) in [6.07, 6.45) is 6.69. The third-order valence-corrected chi connectivity index (χ3v) is 2.29. The van der Waals surface area contributed by atoms with Gasteiger partial charge in [-0.2, -0.15) is 0 Å². The average Bonchev–Trinajstić information content (AvgIpc) is 2.34. The number of esters is 1. The fourth-order valence-corrected chi connectivity index (χ4v) is 1.35. The Bertz CT molecular complexity index is 334. The van der Waals surface area contributed by atoms with Gasteiger partial charge in [0.25, 0.3) is 0 Å². The summed E-state index contributed by atoms with van der Waals surface area (Å²) in [7, 11) is 0. The van der Waals surface area contributed by atoms with Gasteiger partial charge in [0.05, 0.1) is 25.7 Å². The maximum absolute atomic E-state index is 11.7. The Kier molecular flexibility index (Phi) is 8.33. The van der Waals surface area contributed by atoms with Gasteiger partial charge in [0.15, 0.2) is 0 Å². The molecule has 0 aromatic heterocycles. The highest BCUT2D eigenvalue weighted by Gasteiger charge is 2.22. The van der Waals surface area contributed by atoms with Crippen molar-refractivity contribution in [3.05, 3.63) is 12.7 Å². The predicted molar refractivity (Wildman–Crippen MR) is 69.7 cm³/mol. The van der Waals surface area contributed by atoms with Gasteiger partial charge < -0.3 is 10.1 Å². The molecule has 0 spiro atoms. The second-order valence-electron chi connectivity index (χ2n) is 3.62. The number of nitrogens with zero attached hydrogens (tertiary/aromatic N) is 1. The SMILES string of the molecule is C#CCNC(=O)C(C)N(CC=C)CC(=O)OCC. The Morgan fingerprint density at radius 1 is 1.61 bits per heavy atom. The van der Waals surface area contributed by atoms with Gasteiger partial charge in [-0.15, -0.1) is 13.0 Å². The Hall–Kier alpha value is -1.80. The van der Waals surface area contributed by atoms with Crippen LogP contribution in [0.5, 0.6) is 0 Å². The molecule has 0 aliphatic rings. The van der Waals surface area contributed by atoms with Gasteiger partial charge in [0.2, 0.25) is 5.91 Å². The first kappa shape index (κ1) is 16.2. The van der Waals surface area contributed by atoms with Crippen molar-refractivity contribution < 1.29 is 14.3 Å². The van der Waals surface area contributed by atoms with E-state index in [1.54, 1.807) is 24.8 Å². The van der Waals surface area contributed by atoms with Crippen molar-refractivity contribution in [1.82, 2.24) is 10.2 Å². The van der Waals surface area contributed by atoms with Gasteiger partial charge in [-0.3, -0.25) is 14.5 Å². The molecule has 0 saturated carbocycles. The van der Waals surface area contributed by atoms with Crippen molar-refractivity contribution in [1.29, 1.82) is 0 Å². The van der Waals surface area contributed by atoms with Crippen LogP contribution in [0.15, 0.2) is 12.7 Å². The van der Waals surface area contributed by atoms with Gasteiger partial charge >= 0.3 is 5.97 Å². The average molecular weight is 252 g/mol. The van der Waals surface area contributed by atoms with E-state index in [2.05, 4.69) is 17.8 Å². The molecule has 1 atom stereocenters. The Morgan fingerprint density at radius 2 is 2.28 bits per heavy atom. The van der Waals surface area contributed by atoms with E-state index in [-0.39, 0.29) is 25.0 Å². The van der Waals surface area contributed by atoms with Gasteiger partial charge in [0.1, 0.15) is 0 Å². The summed E-state index contributed by atoms with van der Waals surface area (Å²) in [5.74, 6) is 1.74. The quantitative estimate of drug-likeness (QED) is 0.380. The summed E-state index contributed by atoms with van der Waals surface area (Å²) >= 11 is 0. The summed E-state index contributed by atoms with van der Waals surface area (Å²) in [4.78, 5) is 24.8. The summed E-state index contributed by atoms with van der Waals surface area (Å²) in [6, 6.07) is -0.472. The van der Waals surface area contributed by atoms with Crippen LogP contribution in [0.4, 0.5) is 0 Å². The fourth-order valence-electron chi connectivity index (χ4n) is 1.35. The number of hydrogen-bond acceptors (Lipinski definition) is 4. The molecule has 5 heteroatoms. The molecule has 0 fully saturated rings. The topological polar surface area (TPSA) is 58.6 Å². The van der Waals surface area contributed by atoms with E-state index < -0.39 is 6.04 Å². The third-order valence-electron chi connectivity index (χ3n) is 2.29. The largest absolute Gasteiger partial charge is 0.465 e. The molecule has 0 rings (SSSR count). The van der Waals surface area contributed by atoms with Crippen LogP contribution in [0.3, 0.4) is 0 Å². The van der Waals surface area contributed by atoms with E-state index >= 15 is 0 Å². The zero-order valence-corrected chi connectivity index (χ0v) is 10.9. The third kappa shape index (κ3) is 6.06. The smallest absolute Gasteiger partial charge is 0.320 e. The molecule has 1 N–H and O–H groups in total. The van der Waals surface area contributed by atoms with Crippen LogP contribution in [0.1, 0.15) is 13.8 Å². The van der Waals surface area contributed by atoms with Crippen molar-refractivity contribution in [3.63, 3.8) is 0 Å². The maximum atomic E-state index is 11.7. The Labute approximate surface area is 108 Å².